The van der Waals surface area contributed by atoms with E-state index in [1.165, 1.54) is 7.11 Å². The molecule has 180 valence electrons. The number of halogens is 1. The second-order valence-corrected chi connectivity index (χ2v) is 8.92. The molecule has 1 amide bonds. The fourth-order valence-corrected chi connectivity index (χ4v) is 4.93. The van der Waals surface area contributed by atoms with Crippen LogP contribution in [-0.4, -0.2) is 86.5 Å². The number of anilines is 1. The summed E-state index contributed by atoms with van der Waals surface area (Å²) in [5.41, 5.74) is 2.55. The molecule has 0 spiro atoms. The minimum atomic E-state index is -1.29. The quantitative estimate of drug-likeness (QED) is 0.598. The maximum atomic E-state index is 15.0. The Morgan fingerprint density at radius 3 is 2.62 bits per heavy atom. The van der Waals surface area contributed by atoms with Gasteiger partial charge in [0.2, 0.25) is 0 Å². The number of fused-ring (bicyclic) bond motifs is 1. The van der Waals surface area contributed by atoms with E-state index >= 15 is 4.39 Å². The van der Waals surface area contributed by atoms with Crippen molar-refractivity contribution in [3.63, 3.8) is 0 Å². The van der Waals surface area contributed by atoms with Gasteiger partial charge in [-0.05, 0) is 43.0 Å². The summed E-state index contributed by atoms with van der Waals surface area (Å²) in [5.74, 6) is 0.745. The number of methoxy groups -OCH3 is 1. The number of aliphatic hydroxyl groups excluding tert-OH is 1. The van der Waals surface area contributed by atoms with Gasteiger partial charge < -0.3 is 24.7 Å². The Bertz CT molecular complexity index is 1230. The first-order valence-corrected chi connectivity index (χ1v) is 11.3. The molecule has 5 rings (SSSR count). The van der Waals surface area contributed by atoms with E-state index in [9.17, 15) is 15.0 Å². The number of aryl methyl sites for hydroxylation is 1. The van der Waals surface area contributed by atoms with Crippen molar-refractivity contribution in [1.82, 2.24) is 24.6 Å². The molecule has 2 saturated heterocycles. The monoisotopic (exact) mass is 470 g/mol. The molecule has 0 saturated carbocycles. The second kappa shape index (κ2) is 8.71. The average molecular weight is 471 g/mol. The summed E-state index contributed by atoms with van der Waals surface area (Å²) in [6.07, 6.45) is 0.0354. The Hall–Kier alpha value is -3.47. The molecule has 2 aliphatic heterocycles. The summed E-state index contributed by atoms with van der Waals surface area (Å²) < 4.78 is 22.0. The molecular weight excluding hydrogens is 443 g/mol. The summed E-state index contributed by atoms with van der Waals surface area (Å²) in [7, 11) is 1.50. The zero-order valence-electron chi connectivity index (χ0n) is 19.1. The van der Waals surface area contributed by atoms with Crippen molar-refractivity contribution in [3.8, 4) is 11.8 Å². The van der Waals surface area contributed by atoms with Gasteiger partial charge in [-0.3, -0.25) is 0 Å². The number of aliphatic hydroxyl groups is 1. The van der Waals surface area contributed by atoms with Crippen LogP contribution in [0, 0.1) is 6.92 Å². The number of benzene rings is 1. The fourth-order valence-electron chi connectivity index (χ4n) is 4.93. The minimum absolute atomic E-state index is 0.134. The molecule has 11 heteroatoms. The summed E-state index contributed by atoms with van der Waals surface area (Å²) >= 11 is 0. The average Bonchev–Trinajstić information content (AvgIpc) is 3.44. The van der Waals surface area contributed by atoms with Gasteiger partial charge in [-0.1, -0.05) is 0 Å². The number of ether oxygens (including phenoxy) is 1. The van der Waals surface area contributed by atoms with Gasteiger partial charge in [-0.2, -0.15) is 15.1 Å². The Morgan fingerprint density at radius 2 is 1.94 bits per heavy atom. The maximum Gasteiger partial charge on any atom is 0.407 e. The standard InChI is InChI=1S/C23H27FN6O4/c1-13-7-14-10-25-30(19(14)8-17(13)16-4-6-29(23(32)33)12-18(16)24)21-9-20(26-22(27-21)34-2)28-5-3-15(31)11-28/h7-10,15-16,18,31H,3-6,11-12H2,1-2H3,(H,32,33)/t15-,16?,18?/m1/s1. The number of hydrogen-bond acceptors (Lipinski definition) is 7. The third-order valence-corrected chi connectivity index (χ3v) is 6.73. The topological polar surface area (TPSA) is 117 Å². The number of amides is 1. The van der Waals surface area contributed by atoms with Gasteiger partial charge in [0, 0.05) is 37.0 Å². The normalized spacial score (nSPS) is 23.0. The minimum Gasteiger partial charge on any atom is -0.467 e. The first-order chi connectivity index (χ1) is 16.3. The molecule has 0 radical (unpaired) electrons. The Balaban J connectivity index is 1.54. The Labute approximate surface area is 195 Å². The van der Waals surface area contributed by atoms with Crippen molar-refractivity contribution < 1.29 is 24.1 Å². The largest absolute Gasteiger partial charge is 0.467 e. The molecule has 4 heterocycles. The SMILES string of the molecule is COc1nc(N2CC[C@@H](O)C2)cc(-n2ncc3cc(C)c(C4CCN(C(=O)O)CC4F)cc32)n1. The van der Waals surface area contributed by atoms with E-state index in [1.54, 1.807) is 16.9 Å². The van der Waals surface area contributed by atoms with Crippen LogP contribution in [0.25, 0.3) is 16.7 Å². The number of aromatic nitrogens is 4. The van der Waals surface area contributed by atoms with Gasteiger partial charge in [0.25, 0.3) is 0 Å². The maximum absolute atomic E-state index is 15.0. The summed E-state index contributed by atoms with van der Waals surface area (Å²) in [5, 5.41) is 24.6. The van der Waals surface area contributed by atoms with E-state index in [4.69, 9.17) is 4.74 Å². The van der Waals surface area contributed by atoms with Crippen LogP contribution >= 0.6 is 0 Å². The van der Waals surface area contributed by atoms with Crippen LogP contribution in [0.5, 0.6) is 6.01 Å². The van der Waals surface area contributed by atoms with Crippen LogP contribution < -0.4 is 9.64 Å². The lowest BCUT2D eigenvalue weighted by molar-refractivity contribution is 0.0962. The molecule has 2 aromatic heterocycles. The number of hydrogen-bond donors (Lipinski definition) is 2. The molecule has 0 aliphatic carbocycles. The van der Waals surface area contributed by atoms with Crippen LogP contribution in [0.3, 0.4) is 0 Å². The van der Waals surface area contributed by atoms with Gasteiger partial charge in [0.15, 0.2) is 5.82 Å². The molecule has 2 unspecified atom stereocenters. The smallest absolute Gasteiger partial charge is 0.407 e. The van der Waals surface area contributed by atoms with Crippen molar-refractivity contribution in [2.75, 3.05) is 38.2 Å². The number of piperidine rings is 1. The second-order valence-electron chi connectivity index (χ2n) is 8.92. The van der Waals surface area contributed by atoms with Gasteiger partial charge in [-0.25, -0.2) is 13.9 Å². The number of β-amino-alcohol motifs (C(OH)–C–C–N with tert-alkyl or cyclic N) is 1. The highest BCUT2D eigenvalue weighted by Crippen LogP contribution is 2.35. The highest BCUT2D eigenvalue weighted by atomic mass is 19.1. The Kier molecular flexibility index (Phi) is 5.72. The van der Waals surface area contributed by atoms with Crippen LogP contribution in [0.4, 0.5) is 15.0 Å². The first kappa shape index (κ1) is 22.3. The molecule has 10 nitrogen and oxygen atoms in total. The van der Waals surface area contributed by atoms with Crippen molar-refractivity contribution in [1.29, 1.82) is 0 Å². The summed E-state index contributed by atoms with van der Waals surface area (Å²) in [6, 6.07) is 5.89. The van der Waals surface area contributed by atoms with Crippen molar-refractivity contribution in [2.45, 2.75) is 38.0 Å². The third-order valence-electron chi connectivity index (χ3n) is 6.73. The number of carboxylic acid groups (broad SMARTS) is 1. The predicted molar refractivity (Wildman–Crippen MR) is 123 cm³/mol. The van der Waals surface area contributed by atoms with E-state index in [0.29, 0.717) is 44.1 Å². The highest BCUT2D eigenvalue weighted by Gasteiger charge is 2.33. The van der Waals surface area contributed by atoms with Crippen molar-refractivity contribution in [3.05, 3.63) is 35.5 Å². The molecule has 2 aliphatic rings. The van der Waals surface area contributed by atoms with Crippen molar-refractivity contribution in [2.24, 2.45) is 0 Å². The van der Waals surface area contributed by atoms with Crippen LogP contribution in [0.15, 0.2) is 24.4 Å². The van der Waals surface area contributed by atoms with Crippen LogP contribution in [-0.2, 0) is 0 Å². The van der Waals surface area contributed by atoms with Gasteiger partial charge in [-0.15, -0.1) is 0 Å². The van der Waals surface area contributed by atoms with Gasteiger partial charge in [0.05, 0.1) is 31.5 Å². The molecule has 3 aromatic rings. The molecule has 2 N–H and O–H groups in total. The van der Waals surface area contributed by atoms with Crippen LogP contribution in [0.2, 0.25) is 0 Å². The third kappa shape index (κ3) is 4.00. The van der Waals surface area contributed by atoms with Crippen molar-refractivity contribution >= 4 is 22.8 Å². The van der Waals surface area contributed by atoms with E-state index < -0.39 is 24.3 Å². The number of likely N-dealkylation sites (tertiary alicyclic amines) is 1. The lowest BCUT2D eigenvalue weighted by atomic mass is 9.85. The summed E-state index contributed by atoms with van der Waals surface area (Å²) in [6.45, 7) is 3.26. The molecule has 34 heavy (non-hydrogen) atoms. The van der Waals surface area contributed by atoms with Gasteiger partial charge >= 0.3 is 12.1 Å². The summed E-state index contributed by atoms with van der Waals surface area (Å²) in [4.78, 5) is 23.3. The number of carbonyl (C=O) groups is 1. The molecule has 3 atom stereocenters. The fraction of sp³-hybridized carbons (Fsp3) is 0.478. The molecule has 0 bridgehead atoms. The lowest BCUT2D eigenvalue weighted by Crippen LogP contribution is -2.43. The number of alkyl halides is 1. The van der Waals surface area contributed by atoms with E-state index in [0.717, 1.165) is 26.9 Å². The predicted octanol–water partition coefficient (Wildman–Crippen LogP) is 2.51. The molecule has 2 fully saturated rings. The highest BCUT2D eigenvalue weighted by molar-refractivity contribution is 5.82. The van der Waals surface area contributed by atoms with Crippen LogP contribution in [0.1, 0.15) is 29.9 Å². The van der Waals surface area contributed by atoms with E-state index in [2.05, 4.69) is 15.1 Å². The number of rotatable bonds is 4. The zero-order valence-corrected chi connectivity index (χ0v) is 19.1. The van der Waals surface area contributed by atoms with Gasteiger partial charge in [0.1, 0.15) is 12.0 Å². The number of nitrogens with zero attached hydrogens (tertiary/aromatic N) is 6. The van der Waals surface area contributed by atoms with E-state index in [-0.39, 0.29) is 12.6 Å². The zero-order chi connectivity index (χ0) is 24.0. The Morgan fingerprint density at radius 1 is 1.15 bits per heavy atom. The molecule has 1 aromatic carbocycles. The lowest BCUT2D eigenvalue weighted by Gasteiger charge is -2.34. The van der Waals surface area contributed by atoms with E-state index in [1.807, 2.05) is 24.0 Å². The molecular formula is C23H27FN6O4. The first-order valence-electron chi connectivity index (χ1n) is 11.3.